The topological polar surface area (TPSA) is 32.7 Å². The summed E-state index contributed by atoms with van der Waals surface area (Å²) in [6.07, 6.45) is 1.78. The molecule has 4 heteroatoms. The molecule has 3 nitrogen and oxygen atoms in total. The summed E-state index contributed by atoms with van der Waals surface area (Å²) in [6.45, 7) is 4.43. The highest BCUT2D eigenvalue weighted by Gasteiger charge is 2.36. The van der Waals surface area contributed by atoms with Crippen molar-refractivity contribution in [2.45, 2.75) is 31.9 Å². The number of aliphatic hydroxyl groups is 1. The third-order valence-corrected chi connectivity index (χ3v) is 4.15. The second-order valence-corrected chi connectivity index (χ2v) is 5.75. The molecule has 0 bridgehead atoms. The van der Waals surface area contributed by atoms with E-state index in [9.17, 15) is 9.50 Å². The van der Waals surface area contributed by atoms with Gasteiger partial charge in [-0.15, -0.1) is 0 Å². The van der Waals surface area contributed by atoms with E-state index in [4.69, 9.17) is 4.74 Å². The SMILES string of the molecule is CC1CCCN(C2c3cc(F)ccc3OCC2O)C1. The molecule has 3 rings (SSSR count). The molecule has 2 aliphatic heterocycles. The van der Waals surface area contributed by atoms with Crippen molar-refractivity contribution in [3.63, 3.8) is 0 Å². The second kappa shape index (κ2) is 5.10. The van der Waals surface area contributed by atoms with Gasteiger partial charge in [0.2, 0.25) is 0 Å². The molecule has 2 heterocycles. The summed E-state index contributed by atoms with van der Waals surface area (Å²) in [5.41, 5.74) is 0.785. The van der Waals surface area contributed by atoms with Crippen molar-refractivity contribution in [1.82, 2.24) is 4.90 Å². The zero-order chi connectivity index (χ0) is 13.4. The zero-order valence-corrected chi connectivity index (χ0v) is 11.2. The van der Waals surface area contributed by atoms with Crippen LogP contribution in [0.25, 0.3) is 0 Å². The molecule has 104 valence electrons. The smallest absolute Gasteiger partial charge is 0.124 e. The van der Waals surface area contributed by atoms with Gasteiger partial charge in [0.05, 0.1) is 6.04 Å². The number of halogens is 1. The van der Waals surface area contributed by atoms with E-state index in [-0.39, 0.29) is 18.5 Å². The van der Waals surface area contributed by atoms with E-state index in [1.165, 1.54) is 18.6 Å². The molecule has 1 N–H and O–H groups in total. The Hall–Kier alpha value is -1.13. The van der Waals surface area contributed by atoms with Gasteiger partial charge in [0, 0.05) is 12.1 Å². The number of hydrogen-bond donors (Lipinski definition) is 1. The predicted octanol–water partition coefficient (Wildman–Crippen LogP) is 2.35. The van der Waals surface area contributed by atoms with Gasteiger partial charge in [0.25, 0.3) is 0 Å². The summed E-state index contributed by atoms with van der Waals surface area (Å²) in [5.74, 6) is 1.06. The molecule has 1 aromatic carbocycles. The van der Waals surface area contributed by atoms with Gasteiger partial charge in [-0.3, -0.25) is 4.90 Å². The monoisotopic (exact) mass is 265 g/mol. The maximum Gasteiger partial charge on any atom is 0.124 e. The second-order valence-electron chi connectivity index (χ2n) is 5.75. The summed E-state index contributed by atoms with van der Waals surface area (Å²) in [4.78, 5) is 2.28. The Balaban J connectivity index is 1.93. The Labute approximate surface area is 113 Å². The van der Waals surface area contributed by atoms with E-state index in [0.717, 1.165) is 25.1 Å². The van der Waals surface area contributed by atoms with Crippen LogP contribution in [-0.2, 0) is 0 Å². The molecule has 0 amide bonds. The fraction of sp³-hybridized carbons (Fsp3) is 0.600. The van der Waals surface area contributed by atoms with E-state index in [0.29, 0.717) is 11.7 Å². The summed E-state index contributed by atoms with van der Waals surface area (Å²) >= 11 is 0. The Kier molecular flexibility index (Phi) is 3.46. The molecule has 0 spiro atoms. The van der Waals surface area contributed by atoms with Crippen LogP contribution in [0.2, 0.25) is 0 Å². The van der Waals surface area contributed by atoms with E-state index in [2.05, 4.69) is 11.8 Å². The summed E-state index contributed by atoms with van der Waals surface area (Å²) in [7, 11) is 0. The number of hydrogen-bond acceptors (Lipinski definition) is 3. The van der Waals surface area contributed by atoms with Gasteiger partial charge in [0.1, 0.15) is 24.3 Å². The molecule has 1 aromatic rings. The van der Waals surface area contributed by atoms with Crippen LogP contribution >= 0.6 is 0 Å². The molecule has 0 aliphatic carbocycles. The summed E-state index contributed by atoms with van der Waals surface area (Å²) < 4.78 is 19.0. The first-order valence-electron chi connectivity index (χ1n) is 6.99. The lowest BCUT2D eigenvalue weighted by molar-refractivity contribution is -0.0142. The average molecular weight is 265 g/mol. The van der Waals surface area contributed by atoms with Crippen molar-refractivity contribution in [1.29, 1.82) is 0 Å². The number of ether oxygens (including phenoxy) is 1. The highest BCUT2D eigenvalue weighted by molar-refractivity contribution is 5.39. The predicted molar refractivity (Wildman–Crippen MR) is 70.6 cm³/mol. The molecule has 0 saturated carbocycles. The molecular weight excluding hydrogens is 245 g/mol. The van der Waals surface area contributed by atoms with E-state index in [1.807, 2.05) is 0 Å². The fourth-order valence-electron chi connectivity index (χ4n) is 3.27. The number of nitrogens with zero attached hydrogens (tertiary/aromatic N) is 1. The number of piperidine rings is 1. The van der Waals surface area contributed by atoms with Gasteiger partial charge in [-0.2, -0.15) is 0 Å². The van der Waals surface area contributed by atoms with Gasteiger partial charge in [-0.25, -0.2) is 4.39 Å². The summed E-state index contributed by atoms with van der Waals surface area (Å²) in [6, 6.07) is 4.44. The van der Waals surface area contributed by atoms with Crippen molar-refractivity contribution in [2.24, 2.45) is 5.92 Å². The van der Waals surface area contributed by atoms with Crippen molar-refractivity contribution >= 4 is 0 Å². The largest absolute Gasteiger partial charge is 0.490 e. The average Bonchev–Trinajstić information content (AvgIpc) is 2.38. The first-order chi connectivity index (χ1) is 9.15. The van der Waals surface area contributed by atoms with E-state index in [1.54, 1.807) is 6.07 Å². The van der Waals surface area contributed by atoms with Crippen molar-refractivity contribution in [3.8, 4) is 5.75 Å². The Morgan fingerprint density at radius 2 is 2.26 bits per heavy atom. The molecule has 0 radical (unpaired) electrons. The molecule has 2 aliphatic rings. The van der Waals surface area contributed by atoms with Crippen LogP contribution in [0.3, 0.4) is 0 Å². The van der Waals surface area contributed by atoms with Crippen LogP contribution < -0.4 is 4.74 Å². The highest BCUT2D eigenvalue weighted by Crippen LogP contribution is 2.38. The normalized spacial score (nSPS) is 31.6. The van der Waals surface area contributed by atoms with E-state index >= 15 is 0 Å². The minimum absolute atomic E-state index is 0.137. The molecule has 1 saturated heterocycles. The number of likely N-dealkylation sites (tertiary alicyclic amines) is 1. The van der Waals surface area contributed by atoms with Gasteiger partial charge >= 0.3 is 0 Å². The molecule has 3 atom stereocenters. The van der Waals surface area contributed by atoms with Crippen LogP contribution in [0.15, 0.2) is 18.2 Å². The number of rotatable bonds is 1. The van der Waals surface area contributed by atoms with E-state index < -0.39 is 6.10 Å². The number of benzene rings is 1. The fourth-order valence-corrected chi connectivity index (χ4v) is 3.27. The summed E-state index contributed by atoms with van der Waals surface area (Å²) in [5, 5.41) is 10.3. The lowest BCUT2D eigenvalue weighted by Gasteiger charge is -2.42. The van der Waals surface area contributed by atoms with Crippen LogP contribution in [-0.4, -0.2) is 35.8 Å². The molecule has 19 heavy (non-hydrogen) atoms. The molecule has 1 fully saturated rings. The van der Waals surface area contributed by atoms with Crippen molar-refractivity contribution < 1.29 is 14.2 Å². The first-order valence-corrected chi connectivity index (χ1v) is 6.99. The first kappa shape index (κ1) is 12.9. The standard InChI is InChI=1S/C15H20FNO2/c1-10-3-2-6-17(8-10)15-12-7-11(16)4-5-14(12)19-9-13(15)18/h4-5,7,10,13,15,18H,2-3,6,8-9H2,1H3. The zero-order valence-electron chi connectivity index (χ0n) is 11.2. The molecule has 0 aromatic heterocycles. The van der Waals surface area contributed by atoms with Crippen molar-refractivity contribution in [2.75, 3.05) is 19.7 Å². The third-order valence-electron chi connectivity index (χ3n) is 4.15. The number of aliphatic hydroxyl groups excluding tert-OH is 1. The van der Waals surface area contributed by atoms with Crippen LogP contribution in [0, 0.1) is 11.7 Å². The third kappa shape index (κ3) is 2.47. The van der Waals surface area contributed by atoms with Gasteiger partial charge < -0.3 is 9.84 Å². The maximum absolute atomic E-state index is 13.5. The lowest BCUT2D eigenvalue weighted by Crippen LogP contribution is -2.46. The van der Waals surface area contributed by atoms with Crippen LogP contribution in [0.1, 0.15) is 31.4 Å². The Morgan fingerprint density at radius 1 is 1.42 bits per heavy atom. The highest BCUT2D eigenvalue weighted by atomic mass is 19.1. The van der Waals surface area contributed by atoms with Gasteiger partial charge in [-0.05, 0) is 43.5 Å². The molecular formula is C15H20FNO2. The van der Waals surface area contributed by atoms with Crippen molar-refractivity contribution in [3.05, 3.63) is 29.6 Å². The minimum atomic E-state index is -0.584. The van der Waals surface area contributed by atoms with Gasteiger partial charge in [0.15, 0.2) is 0 Å². The van der Waals surface area contributed by atoms with Gasteiger partial charge in [-0.1, -0.05) is 6.92 Å². The van der Waals surface area contributed by atoms with Crippen LogP contribution in [0.4, 0.5) is 4.39 Å². The Bertz CT molecular complexity index is 465. The lowest BCUT2D eigenvalue weighted by atomic mass is 9.92. The quantitative estimate of drug-likeness (QED) is 0.846. The van der Waals surface area contributed by atoms with Crippen LogP contribution in [0.5, 0.6) is 5.75 Å². The minimum Gasteiger partial charge on any atom is -0.490 e. The molecule has 3 unspecified atom stereocenters. The Morgan fingerprint density at radius 3 is 3.05 bits per heavy atom. The maximum atomic E-state index is 13.5. The number of fused-ring (bicyclic) bond motifs is 1.